The molecule has 0 amide bonds. The number of halogens is 1. The highest BCUT2D eigenvalue weighted by Gasteiger charge is 2.27. The van der Waals surface area contributed by atoms with E-state index in [1.54, 1.807) is 0 Å². The van der Waals surface area contributed by atoms with Crippen molar-refractivity contribution >= 4 is 33.7 Å². The van der Waals surface area contributed by atoms with E-state index in [9.17, 15) is 9.59 Å². The fourth-order valence-electron chi connectivity index (χ4n) is 1.98. The van der Waals surface area contributed by atoms with Crippen molar-refractivity contribution in [2.24, 2.45) is 0 Å². The van der Waals surface area contributed by atoms with Crippen molar-refractivity contribution in [1.82, 2.24) is 0 Å². The van der Waals surface area contributed by atoms with E-state index in [2.05, 4.69) is 21.2 Å². The quantitative estimate of drug-likeness (QED) is 0.521. The first-order valence-corrected chi connectivity index (χ1v) is 6.30. The minimum Gasteiger partial charge on any atom is -0.384 e. The van der Waals surface area contributed by atoms with Gasteiger partial charge in [-0.3, -0.25) is 9.59 Å². The summed E-state index contributed by atoms with van der Waals surface area (Å²) in [5.74, 6) is -0.648. The molecule has 0 aromatic heterocycles. The third-order valence-corrected chi connectivity index (χ3v) is 3.23. The number of ketones is 1. The van der Waals surface area contributed by atoms with Gasteiger partial charge >= 0.3 is 0 Å². The molecule has 0 radical (unpaired) electrons. The van der Waals surface area contributed by atoms with Gasteiger partial charge in [0, 0.05) is 17.6 Å². The predicted molar refractivity (Wildman–Crippen MR) is 66.2 cm³/mol. The van der Waals surface area contributed by atoms with Crippen molar-refractivity contribution in [3.8, 4) is 0 Å². The van der Waals surface area contributed by atoms with Crippen LogP contribution >= 0.6 is 15.9 Å². The van der Waals surface area contributed by atoms with E-state index in [0.717, 1.165) is 23.0 Å². The first-order chi connectivity index (χ1) is 7.76. The molecule has 2 rings (SSSR count). The van der Waals surface area contributed by atoms with Crippen molar-refractivity contribution in [3.05, 3.63) is 29.3 Å². The first kappa shape index (κ1) is 11.3. The topological polar surface area (TPSA) is 46.2 Å². The molecule has 0 saturated heterocycles. The van der Waals surface area contributed by atoms with Crippen LogP contribution in [-0.2, 0) is 16.0 Å². The monoisotopic (exact) mass is 281 g/mol. The Morgan fingerprint density at radius 3 is 3.06 bits per heavy atom. The lowest BCUT2D eigenvalue weighted by atomic mass is 9.95. The summed E-state index contributed by atoms with van der Waals surface area (Å²) in [4.78, 5) is 22.0. The summed E-state index contributed by atoms with van der Waals surface area (Å²) in [6.07, 6.45) is 1.34. The number of aldehydes is 1. The lowest BCUT2D eigenvalue weighted by molar-refractivity contribution is -0.130. The average Bonchev–Trinajstić information content (AvgIpc) is 2.71. The van der Waals surface area contributed by atoms with Gasteiger partial charge in [-0.05, 0) is 23.6 Å². The van der Waals surface area contributed by atoms with Crippen LogP contribution < -0.4 is 5.32 Å². The van der Waals surface area contributed by atoms with Crippen molar-refractivity contribution < 1.29 is 9.59 Å². The minimum absolute atomic E-state index is 0.303. The maximum atomic E-state index is 11.4. The second kappa shape index (κ2) is 4.78. The summed E-state index contributed by atoms with van der Waals surface area (Å²) in [6.45, 7) is 0.532. The van der Waals surface area contributed by atoms with Gasteiger partial charge in [-0.15, -0.1) is 0 Å². The van der Waals surface area contributed by atoms with Crippen LogP contribution in [0.15, 0.2) is 18.2 Å². The molecule has 16 heavy (non-hydrogen) atoms. The molecule has 1 aliphatic rings. The van der Waals surface area contributed by atoms with Gasteiger partial charge in [0.1, 0.15) is 0 Å². The zero-order valence-electron chi connectivity index (χ0n) is 8.70. The molecule has 1 heterocycles. The molecule has 1 N–H and O–H groups in total. The van der Waals surface area contributed by atoms with Crippen LogP contribution in [0.4, 0.5) is 5.69 Å². The molecule has 4 heteroatoms. The summed E-state index contributed by atoms with van der Waals surface area (Å²) in [5, 5.41) is 4.04. The Morgan fingerprint density at radius 1 is 1.56 bits per heavy atom. The number of nitrogens with one attached hydrogen (secondary N) is 1. The number of alkyl halides is 1. The smallest absolute Gasteiger partial charge is 0.204 e. The van der Waals surface area contributed by atoms with Crippen LogP contribution in [0.5, 0.6) is 0 Å². The molecule has 1 unspecified atom stereocenters. The Morgan fingerprint density at radius 2 is 2.38 bits per heavy atom. The van der Waals surface area contributed by atoms with E-state index in [0.29, 0.717) is 12.8 Å². The number of aryl methyl sites for hydroxylation is 1. The number of Topliss-reactive ketones (excluding diaryl/α,β-unsaturated/α-hetero) is 1. The van der Waals surface area contributed by atoms with Gasteiger partial charge in [0.15, 0.2) is 6.29 Å². The molecule has 1 atom stereocenters. The van der Waals surface area contributed by atoms with Crippen molar-refractivity contribution in [2.45, 2.75) is 12.3 Å². The lowest BCUT2D eigenvalue weighted by Crippen LogP contribution is -2.15. The number of hydrogen-bond donors (Lipinski definition) is 1. The summed E-state index contributed by atoms with van der Waals surface area (Å²) in [7, 11) is 0. The normalized spacial score (nSPS) is 17.7. The second-order valence-electron chi connectivity index (χ2n) is 3.81. The number of carbonyl (C=O) groups excluding carboxylic acids is 2. The van der Waals surface area contributed by atoms with Crippen molar-refractivity contribution in [3.63, 3.8) is 0 Å². The van der Waals surface area contributed by atoms with Gasteiger partial charge in [-0.25, -0.2) is 0 Å². The molecule has 0 spiro atoms. The first-order valence-electron chi connectivity index (χ1n) is 5.18. The number of benzene rings is 1. The number of rotatable bonds is 4. The van der Waals surface area contributed by atoms with E-state index in [1.807, 2.05) is 18.2 Å². The van der Waals surface area contributed by atoms with E-state index < -0.39 is 0 Å². The minimum atomic E-state index is -0.345. The van der Waals surface area contributed by atoms with Gasteiger partial charge < -0.3 is 5.32 Å². The maximum Gasteiger partial charge on any atom is 0.204 e. The zero-order chi connectivity index (χ0) is 11.5. The molecule has 1 aromatic rings. The Hall–Kier alpha value is -1.16. The molecule has 3 nitrogen and oxygen atoms in total. The fraction of sp³-hybridized carbons (Fsp3) is 0.333. The standard InChI is InChI=1S/C12H12BrNO2/c13-4-3-8-1-2-11-9(5-8)10(6-14-11)12(16)7-15/h1-2,5,7,10,14H,3-4,6H2. The predicted octanol–water partition coefficient (Wildman–Crippen LogP) is 1.90. The highest BCUT2D eigenvalue weighted by atomic mass is 79.9. The molecule has 0 aliphatic carbocycles. The number of hydrogen-bond acceptors (Lipinski definition) is 3. The molecule has 0 bridgehead atoms. The summed E-state index contributed by atoms with van der Waals surface area (Å²) >= 11 is 3.39. The van der Waals surface area contributed by atoms with E-state index in [4.69, 9.17) is 0 Å². The molecule has 1 aromatic carbocycles. The summed E-state index contributed by atoms with van der Waals surface area (Å²) in [5.41, 5.74) is 3.11. The molecular formula is C12H12BrNO2. The van der Waals surface area contributed by atoms with Gasteiger partial charge in [0.25, 0.3) is 0 Å². The van der Waals surface area contributed by atoms with Crippen LogP contribution in [0.2, 0.25) is 0 Å². The maximum absolute atomic E-state index is 11.4. The zero-order valence-corrected chi connectivity index (χ0v) is 10.3. The Kier molecular flexibility index (Phi) is 3.39. The fourth-order valence-corrected chi connectivity index (χ4v) is 2.44. The molecule has 0 saturated carbocycles. The SMILES string of the molecule is O=CC(=O)C1CNc2ccc(CCBr)cc21. The van der Waals surface area contributed by atoms with Crippen molar-refractivity contribution in [1.29, 1.82) is 0 Å². The molecule has 0 fully saturated rings. The largest absolute Gasteiger partial charge is 0.384 e. The lowest BCUT2D eigenvalue weighted by Gasteiger charge is -2.06. The average molecular weight is 282 g/mol. The van der Waals surface area contributed by atoms with Crippen LogP contribution in [0, 0.1) is 0 Å². The van der Waals surface area contributed by atoms with Gasteiger partial charge in [-0.2, -0.15) is 0 Å². The third kappa shape index (κ3) is 2.02. The summed E-state index contributed by atoms with van der Waals surface area (Å²) in [6, 6.07) is 6.04. The number of anilines is 1. The van der Waals surface area contributed by atoms with Crippen LogP contribution in [0.3, 0.4) is 0 Å². The molecular weight excluding hydrogens is 270 g/mol. The van der Waals surface area contributed by atoms with E-state index >= 15 is 0 Å². The van der Waals surface area contributed by atoms with Crippen LogP contribution in [0.25, 0.3) is 0 Å². The van der Waals surface area contributed by atoms with Gasteiger partial charge in [-0.1, -0.05) is 28.1 Å². The van der Waals surface area contributed by atoms with E-state index in [-0.39, 0.29) is 11.7 Å². The third-order valence-electron chi connectivity index (χ3n) is 2.83. The number of fused-ring (bicyclic) bond motifs is 1. The molecule has 84 valence electrons. The highest BCUT2D eigenvalue weighted by Crippen LogP contribution is 2.32. The van der Waals surface area contributed by atoms with E-state index in [1.165, 1.54) is 5.56 Å². The number of carbonyl (C=O) groups is 2. The Labute approximate surface area is 102 Å². The summed E-state index contributed by atoms with van der Waals surface area (Å²) < 4.78 is 0. The van der Waals surface area contributed by atoms with Crippen LogP contribution in [-0.4, -0.2) is 23.9 Å². The van der Waals surface area contributed by atoms with Gasteiger partial charge in [0.05, 0.1) is 5.92 Å². The van der Waals surface area contributed by atoms with Crippen LogP contribution in [0.1, 0.15) is 17.0 Å². The highest BCUT2D eigenvalue weighted by molar-refractivity contribution is 9.09. The Balaban J connectivity index is 2.32. The van der Waals surface area contributed by atoms with Crippen molar-refractivity contribution in [2.75, 3.05) is 17.2 Å². The van der Waals surface area contributed by atoms with Gasteiger partial charge in [0.2, 0.25) is 5.78 Å². The second-order valence-corrected chi connectivity index (χ2v) is 4.61. The molecule has 1 aliphatic heterocycles. The Bertz CT molecular complexity index is 431.